The third-order valence-corrected chi connectivity index (χ3v) is 8.87. The summed E-state index contributed by atoms with van der Waals surface area (Å²) in [6.07, 6.45) is -1.08. The lowest BCUT2D eigenvalue weighted by atomic mass is 9.85. The third kappa shape index (κ3) is 9.89. The number of fused-ring (bicyclic) bond motifs is 1. The zero-order valence-electron chi connectivity index (χ0n) is 26.1. The van der Waals surface area contributed by atoms with Crippen LogP contribution in [0.5, 0.6) is 11.5 Å². The van der Waals surface area contributed by atoms with Crippen molar-refractivity contribution in [2.24, 2.45) is 11.3 Å². The number of carbonyl (C=O) groups excluding carboxylic acids is 2. The SMILES string of the molecule is CC(C)CN(C[C@@H](O)[C@H](Cc1ccccc1)NC(=O)[C@@H](NC(=O)CNCCO)C(C)(C)C)S(=O)(=O)c1ccc2c(c1)OCO2. The molecule has 1 heterocycles. The molecule has 2 amide bonds. The van der Waals surface area contributed by atoms with Gasteiger partial charge in [0.15, 0.2) is 11.5 Å². The van der Waals surface area contributed by atoms with E-state index in [2.05, 4.69) is 16.0 Å². The molecule has 0 aromatic heterocycles. The largest absolute Gasteiger partial charge is 0.454 e. The summed E-state index contributed by atoms with van der Waals surface area (Å²) in [5.41, 5.74) is 0.140. The van der Waals surface area contributed by atoms with Gasteiger partial charge < -0.3 is 35.6 Å². The summed E-state index contributed by atoms with van der Waals surface area (Å²) in [7, 11) is -4.07. The lowest BCUT2D eigenvalue weighted by Crippen LogP contribution is -2.59. The Bertz CT molecular complexity index is 1350. The number of rotatable bonds is 16. The molecule has 0 aliphatic carbocycles. The average Bonchev–Trinajstić information content (AvgIpc) is 3.43. The molecule has 13 heteroatoms. The number of nitrogens with zero attached hydrogens (tertiary/aromatic N) is 1. The fraction of sp³-hybridized carbons (Fsp3) is 0.548. The van der Waals surface area contributed by atoms with Crippen molar-refractivity contribution in [1.29, 1.82) is 0 Å². The normalized spacial score (nSPS) is 15.2. The summed E-state index contributed by atoms with van der Waals surface area (Å²) < 4.78 is 39.6. The molecular formula is C31H46N4O8S. The van der Waals surface area contributed by atoms with Crippen LogP contribution in [-0.2, 0) is 26.0 Å². The molecule has 2 aromatic rings. The van der Waals surface area contributed by atoms with Gasteiger partial charge in [-0.25, -0.2) is 8.42 Å². The van der Waals surface area contributed by atoms with E-state index in [1.165, 1.54) is 22.5 Å². The first-order chi connectivity index (χ1) is 20.7. The van der Waals surface area contributed by atoms with Crippen LogP contribution >= 0.6 is 0 Å². The number of carbonyl (C=O) groups is 2. The van der Waals surface area contributed by atoms with Gasteiger partial charge >= 0.3 is 0 Å². The van der Waals surface area contributed by atoms with E-state index in [1.54, 1.807) is 0 Å². The fourth-order valence-corrected chi connectivity index (χ4v) is 6.42. The number of aliphatic hydroxyl groups excluding tert-OH is 2. The van der Waals surface area contributed by atoms with Crippen molar-refractivity contribution in [1.82, 2.24) is 20.3 Å². The van der Waals surface area contributed by atoms with Gasteiger partial charge in [0.1, 0.15) is 6.04 Å². The molecule has 0 saturated heterocycles. The van der Waals surface area contributed by atoms with Gasteiger partial charge in [-0.15, -0.1) is 0 Å². The molecule has 244 valence electrons. The van der Waals surface area contributed by atoms with Gasteiger partial charge in [0.05, 0.1) is 30.2 Å². The molecule has 0 unspecified atom stereocenters. The highest BCUT2D eigenvalue weighted by Gasteiger charge is 2.37. The van der Waals surface area contributed by atoms with Crippen molar-refractivity contribution in [3.63, 3.8) is 0 Å². The smallest absolute Gasteiger partial charge is 0.243 e. The van der Waals surface area contributed by atoms with E-state index in [0.29, 0.717) is 11.5 Å². The van der Waals surface area contributed by atoms with Gasteiger partial charge in [0, 0.05) is 25.7 Å². The van der Waals surface area contributed by atoms with Crippen LogP contribution in [0.4, 0.5) is 0 Å². The number of ether oxygens (including phenoxy) is 2. The van der Waals surface area contributed by atoms with Gasteiger partial charge in [-0.2, -0.15) is 4.31 Å². The molecule has 3 rings (SSSR count). The van der Waals surface area contributed by atoms with Crippen LogP contribution in [0, 0.1) is 11.3 Å². The first-order valence-corrected chi connectivity index (χ1v) is 16.2. The third-order valence-electron chi connectivity index (χ3n) is 7.04. The van der Waals surface area contributed by atoms with Crippen LogP contribution in [0.15, 0.2) is 53.4 Å². The Labute approximate surface area is 260 Å². The minimum absolute atomic E-state index is 0.00328. The zero-order chi connectivity index (χ0) is 32.5. The topological polar surface area (TPSA) is 167 Å². The summed E-state index contributed by atoms with van der Waals surface area (Å²) in [6.45, 7) is 9.04. The highest BCUT2D eigenvalue weighted by molar-refractivity contribution is 7.89. The second-order valence-electron chi connectivity index (χ2n) is 12.4. The zero-order valence-corrected chi connectivity index (χ0v) is 26.9. The highest BCUT2D eigenvalue weighted by atomic mass is 32.2. The van der Waals surface area contributed by atoms with Gasteiger partial charge in [0.2, 0.25) is 28.6 Å². The maximum absolute atomic E-state index is 13.8. The van der Waals surface area contributed by atoms with Gasteiger partial charge in [0.25, 0.3) is 0 Å². The summed E-state index contributed by atoms with van der Waals surface area (Å²) in [4.78, 5) is 26.3. The molecule has 3 atom stereocenters. The first-order valence-electron chi connectivity index (χ1n) is 14.8. The van der Waals surface area contributed by atoms with Crippen LogP contribution in [-0.4, -0.2) is 92.5 Å². The molecule has 0 fully saturated rings. The first kappa shape index (κ1) is 35.3. The molecule has 1 aliphatic rings. The molecular weight excluding hydrogens is 588 g/mol. The predicted molar refractivity (Wildman–Crippen MR) is 166 cm³/mol. The van der Waals surface area contributed by atoms with Gasteiger partial charge in [-0.3, -0.25) is 9.59 Å². The van der Waals surface area contributed by atoms with Crippen molar-refractivity contribution in [3.05, 3.63) is 54.1 Å². The van der Waals surface area contributed by atoms with Crippen molar-refractivity contribution in [2.45, 2.75) is 64.1 Å². The second-order valence-corrected chi connectivity index (χ2v) is 14.3. The van der Waals surface area contributed by atoms with Crippen LogP contribution < -0.4 is 25.4 Å². The van der Waals surface area contributed by atoms with Crippen molar-refractivity contribution < 1.29 is 37.7 Å². The number of hydrogen-bond donors (Lipinski definition) is 5. The lowest BCUT2D eigenvalue weighted by Gasteiger charge is -2.34. The van der Waals surface area contributed by atoms with E-state index in [1.807, 2.05) is 65.0 Å². The van der Waals surface area contributed by atoms with Gasteiger partial charge in [-0.05, 0) is 35.4 Å². The molecule has 0 radical (unpaired) electrons. The van der Waals surface area contributed by atoms with Gasteiger partial charge in [-0.1, -0.05) is 65.0 Å². The Morgan fingerprint density at radius 2 is 1.68 bits per heavy atom. The molecule has 12 nitrogen and oxygen atoms in total. The molecule has 44 heavy (non-hydrogen) atoms. The summed E-state index contributed by atoms with van der Waals surface area (Å²) in [6, 6.07) is 11.8. The van der Waals surface area contributed by atoms with E-state index in [9.17, 15) is 23.1 Å². The maximum Gasteiger partial charge on any atom is 0.243 e. The van der Waals surface area contributed by atoms with Crippen LogP contribution in [0.1, 0.15) is 40.2 Å². The minimum atomic E-state index is -4.07. The van der Waals surface area contributed by atoms with E-state index in [-0.39, 0.29) is 56.8 Å². The molecule has 0 bridgehead atoms. The standard InChI is InChI=1S/C31H46N4O8S/c1-21(2)18-35(44(40,41)23-11-12-26-27(16-23)43-20-42-26)19-25(37)24(15-22-9-7-6-8-10-22)33-30(39)29(31(3,4)5)34-28(38)17-32-13-14-36/h6-12,16,21,24-25,29,32,36-37H,13-15,17-20H2,1-5H3,(H,33,39)(H,34,38)/t24-,25+,29+/m0/s1. The number of amides is 2. The predicted octanol–water partition coefficient (Wildman–Crippen LogP) is 1.26. The highest BCUT2D eigenvalue weighted by Crippen LogP contribution is 2.35. The Morgan fingerprint density at radius 1 is 1.00 bits per heavy atom. The van der Waals surface area contributed by atoms with Crippen molar-refractivity contribution in [2.75, 3.05) is 39.6 Å². The Morgan fingerprint density at radius 3 is 2.32 bits per heavy atom. The number of benzene rings is 2. The molecule has 2 aromatic carbocycles. The average molecular weight is 635 g/mol. The maximum atomic E-state index is 13.8. The fourth-order valence-electron chi connectivity index (χ4n) is 4.79. The van der Waals surface area contributed by atoms with E-state index < -0.39 is 45.4 Å². The molecule has 0 saturated carbocycles. The van der Waals surface area contributed by atoms with Crippen LogP contribution in [0.3, 0.4) is 0 Å². The van der Waals surface area contributed by atoms with E-state index in [4.69, 9.17) is 14.6 Å². The monoisotopic (exact) mass is 634 g/mol. The second kappa shape index (κ2) is 15.7. The quantitative estimate of drug-likeness (QED) is 0.171. The van der Waals surface area contributed by atoms with Crippen LogP contribution in [0.2, 0.25) is 0 Å². The summed E-state index contributed by atoms with van der Waals surface area (Å²) >= 11 is 0. The number of nitrogens with one attached hydrogen (secondary N) is 3. The van der Waals surface area contributed by atoms with Crippen molar-refractivity contribution >= 4 is 21.8 Å². The lowest BCUT2D eigenvalue weighted by molar-refractivity contribution is -0.132. The van der Waals surface area contributed by atoms with Crippen LogP contribution in [0.25, 0.3) is 0 Å². The van der Waals surface area contributed by atoms with E-state index in [0.717, 1.165) is 5.56 Å². The number of hydrogen-bond acceptors (Lipinski definition) is 9. The number of aliphatic hydroxyl groups is 2. The molecule has 0 spiro atoms. The minimum Gasteiger partial charge on any atom is -0.454 e. The Hall–Kier alpha value is -3.23. The van der Waals surface area contributed by atoms with Crippen molar-refractivity contribution in [3.8, 4) is 11.5 Å². The van der Waals surface area contributed by atoms with E-state index >= 15 is 0 Å². The number of sulfonamides is 1. The molecule has 1 aliphatic heterocycles. The Balaban J connectivity index is 1.87. The Kier molecular flexibility index (Phi) is 12.6. The summed E-state index contributed by atoms with van der Waals surface area (Å²) in [5.74, 6) is -0.219. The summed E-state index contributed by atoms with van der Waals surface area (Å²) in [5, 5.41) is 29.0. The molecule has 5 N–H and O–H groups in total.